The highest BCUT2D eigenvalue weighted by molar-refractivity contribution is 7.98. The van der Waals surface area contributed by atoms with Gasteiger partial charge in [0.25, 0.3) is 0 Å². The molecular formula is C15H18O4S. The summed E-state index contributed by atoms with van der Waals surface area (Å²) in [7, 11) is 0. The molecule has 0 aliphatic carbocycles. The predicted octanol–water partition coefficient (Wildman–Crippen LogP) is 1.94. The number of thioether (sulfide) groups is 1. The van der Waals surface area contributed by atoms with Crippen LogP contribution in [0, 0.1) is 0 Å². The number of hydrogen-bond acceptors (Lipinski definition) is 5. The summed E-state index contributed by atoms with van der Waals surface area (Å²) in [5, 5.41) is 19.0. The molecule has 0 saturated heterocycles. The maximum Gasteiger partial charge on any atom is 0.336 e. The molecule has 0 unspecified atom stereocenters. The van der Waals surface area contributed by atoms with E-state index in [0.717, 1.165) is 22.9 Å². The van der Waals surface area contributed by atoms with Crippen molar-refractivity contribution in [1.29, 1.82) is 0 Å². The van der Waals surface area contributed by atoms with E-state index in [1.807, 2.05) is 18.2 Å². The standard InChI is InChI=1S/C15H18O4S/c1-2-10-3-4-13-11(8-20-9-12(17)7-16)6-15(18)19-14(13)5-10/h3-6,12,16-17H,2,7-9H2,1H3/t12-/m1/s1. The molecular weight excluding hydrogens is 276 g/mol. The molecule has 1 aromatic heterocycles. The van der Waals surface area contributed by atoms with Crippen LogP contribution in [0.4, 0.5) is 0 Å². The minimum Gasteiger partial charge on any atom is -0.423 e. The zero-order valence-electron chi connectivity index (χ0n) is 11.3. The molecule has 0 fully saturated rings. The third-order valence-corrected chi connectivity index (χ3v) is 4.22. The average molecular weight is 294 g/mol. The summed E-state index contributed by atoms with van der Waals surface area (Å²) in [4.78, 5) is 11.6. The van der Waals surface area contributed by atoms with Gasteiger partial charge in [-0.1, -0.05) is 19.1 Å². The Morgan fingerprint density at radius 3 is 2.85 bits per heavy atom. The Hall–Kier alpha value is -1.30. The normalized spacial score (nSPS) is 12.8. The van der Waals surface area contributed by atoms with Gasteiger partial charge in [0.05, 0.1) is 12.7 Å². The minimum absolute atomic E-state index is 0.245. The first-order valence-electron chi connectivity index (χ1n) is 6.56. The van der Waals surface area contributed by atoms with E-state index in [0.29, 0.717) is 17.1 Å². The SMILES string of the molecule is CCc1ccc2c(CSC[C@H](O)CO)cc(=O)oc2c1. The zero-order valence-corrected chi connectivity index (χ0v) is 12.2. The van der Waals surface area contributed by atoms with Crippen molar-refractivity contribution in [2.24, 2.45) is 0 Å². The molecule has 0 bridgehead atoms. The van der Waals surface area contributed by atoms with Crippen LogP contribution in [0.15, 0.2) is 33.5 Å². The fourth-order valence-corrected chi connectivity index (χ4v) is 2.93. The summed E-state index contributed by atoms with van der Waals surface area (Å²) < 4.78 is 5.24. The average Bonchev–Trinajstić information content (AvgIpc) is 2.45. The van der Waals surface area contributed by atoms with Crippen molar-refractivity contribution in [2.45, 2.75) is 25.2 Å². The Morgan fingerprint density at radius 1 is 1.35 bits per heavy atom. The molecule has 4 nitrogen and oxygen atoms in total. The van der Waals surface area contributed by atoms with Crippen LogP contribution in [0.25, 0.3) is 11.0 Å². The number of aryl methyl sites for hydroxylation is 1. The van der Waals surface area contributed by atoms with Gasteiger partial charge in [0, 0.05) is 23.0 Å². The second kappa shape index (κ2) is 6.92. The van der Waals surface area contributed by atoms with Crippen LogP contribution in [0.3, 0.4) is 0 Å². The third-order valence-electron chi connectivity index (χ3n) is 3.08. The lowest BCUT2D eigenvalue weighted by Gasteiger charge is -2.08. The molecule has 108 valence electrons. The van der Waals surface area contributed by atoms with Crippen molar-refractivity contribution < 1.29 is 14.6 Å². The fourth-order valence-electron chi connectivity index (χ4n) is 1.97. The van der Waals surface area contributed by atoms with Crippen LogP contribution < -0.4 is 5.63 Å². The van der Waals surface area contributed by atoms with Crippen LogP contribution >= 0.6 is 11.8 Å². The summed E-state index contributed by atoms with van der Waals surface area (Å²) in [5.74, 6) is 1.04. The van der Waals surface area contributed by atoms with Gasteiger partial charge in [-0.25, -0.2) is 4.79 Å². The van der Waals surface area contributed by atoms with Gasteiger partial charge >= 0.3 is 5.63 Å². The van der Waals surface area contributed by atoms with E-state index in [1.54, 1.807) is 0 Å². The molecule has 0 saturated carbocycles. The van der Waals surface area contributed by atoms with Gasteiger partial charge in [-0.15, -0.1) is 0 Å². The van der Waals surface area contributed by atoms with Gasteiger partial charge in [0.2, 0.25) is 0 Å². The molecule has 0 amide bonds. The first-order chi connectivity index (χ1) is 9.63. The lowest BCUT2D eigenvalue weighted by Crippen LogP contribution is -2.14. The van der Waals surface area contributed by atoms with E-state index in [1.165, 1.54) is 17.8 Å². The van der Waals surface area contributed by atoms with E-state index in [4.69, 9.17) is 9.52 Å². The van der Waals surface area contributed by atoms with E-state index in [2.05, 4.69) is 6.92 Å². The molecule has 1 atom stereocenters. The molecule has 2 N–H and O–H groups in total. The van der Waals surface area contributed by atoms with E-state index >= 15 is 0 Å². The van der Waals surface area contributed by atoms with Crippen molar-refractivity contribution in [3.63, 3.8) is 0 Å². The summed E-state index contributed by atoms with van der Waals surface area (Å²) in [6, 6.07) is 7.38. The Morgan fingerprint density at radius 2 is 2.15 bits per heavy atom. The molecule has 1 heterocycles. The number of benzene rings is 1. The largest absolute Gasteiger partial charge is 0.423 e. The second-order valence-corrected chi connectivity index (χ2v) is 5.66. The first-order valence-corrected chi connectivity index (χ1v) is 7.71. The summed E-state index contributed by atoms with van der Waals surface area (Å²) >= 11 is 1.48. The Labute approximate surface area is 121 Å². The van der Waals surface area contributed by atoms with Crippen LogP contribution in [0.2, 0.25) is 0 Å². The fraction of sp³-hybridized carbons (Fsp3) is 0.400. The van der Waals surface area contributed by atoms with Gasteiger partial charge in [-0.3, -0.25) is 0 Å². The van der Waals surface area contributed by atoms with E-state index in [-0.39, 0.29) is 12.2 Å². The Bertz CT molecular complexity index is 635. The Balaban J connectivity index is 2.26. The number of fused-ring (bicyclic) bond motifs is 1. The summed E-state index contributed by atoms with van der Waals surface area (Å²) in [5.41, 5.74) is 2.27. The van der Waals surface area contributed by atoms with E-state index in [9.17, 15) is 9.90 Å². The number of aliphatic hydroxyl groups is 2. The van der Waals surface area contributed by atoms with Gasteiger partial charge in [-0.2, -0.15) is 11.8 Å². The molecule has 2 aromatic rings. The van der Waals surface area contributed by atoms with Crippen molar-refractivity contribution in [1.82, 2.24) is 0 Å². The minimum atomic E-state index is -0.724. The molecule has 5 heteroatoms. The molecule has 0 aliphatic heterocycles. The molecule has 20 heavy (non-hydrogen) atoms. The molecule has 0 spiro atoms. The highest BCUT2D eigenvalue weighted by Gasteiger charge is 2.08. The molecule has 2 rings (SSSR count). The van der Waals surface area contributed by atoms with Crippen LogP contribution in [-0.4, -0.2) is 28.7 Å². The first kappa shape index (κ1) is 15.1. The highest BCUT2D eigenvalue weighted by atomic mass is 32.2. The number of hydrogen-bond donors (Lipinski definition) is 2. The van der Waals surface area contributed by atoms with Crippen molar-refractivity contribution >= 4 is 22.7 Å². The number of aliphatic hydroxyl groups excluding tert-OH is 2. The highest BCUT2D eigenvalue weighted by Crippen LogP contribution is 2.23. The van der Waals surface area contributed by atoms with Crippen LogP contribution in [-0.2, 0) is 12.2 Å². The second-order valence-electron chi connectivity index (χ2n) is 4.63. The summed E-state index contributed by atoms with van der Waals surface area (Å²) in [6.07, 6.45) is 0.166. The van der Waals surface area contributed by atoms with Gasteiger partial charge < -0.3 is 14.6 Å². The maximum absolute atomic E-state index is 11.6. The van der Waals surface area contributed by atoms with Crippen LogP contribution in [0.5, 0.6) is 0 Å². The molecule has 0 aliphatic rings. The molecule has 1 aromatic carbocycles. The number of rotatable bonds is 6. The maximum atomic E-state index is 11.6. The quantitative estimate of drug-likeness (QED) is 0.797. The van der Waals surface area contributed by atoms with E-state index < -0.39 is 6.10 Å². The smallest absolute Gasteiger partial charge is 0.336 e. The van der Waals surface area contributed by atoms with Gasteiger partial charge in [0.15, 0.2) is 0 Å². The van der Waals surface area contributed by atoms with Crippen molar-refractivity contribution in [2.75, 3.05) is 12.4 Å². The van der Waals surface area contributed by atoms with Crippen LogP contribution in [0.1, 0.15) is 18.1 Å². The monoisotopic (exact) mass is 294 g/mol. The topological polar surface area (TPSA) is 70.7 Å². The van der Waals surface area contributed by atoms with Crippen molar-refractivity contribution in [3.8, 4) is 0 Å². The zero-order chi connectivity index (χ0) is 14.5. The van der Waals surface area contributed by atoms with Gasteiger partial charge in [-0.05, 0) is 23.6 Å². The lowest BCUT2D eigenvalue weighted by molar-refractivity contribution is 0.113. The molecule has 0 radical (unpaired) electrons. The summed E-state index contributed by atoms with van der Waals surface area (Å²) in [6.45, 7) is 1.81. The van der Waals surface area contributed by atoms with Crippen molar-refractivity contribution in [3.05, 3.63) is 45.8 Å². The third kappa shape index (κ3) is 3.62. The lowest BCUT2D eigenvalue weighted by atomic mass is 10.1. The predicted molar refractivity (Wildman–Crippen MR) is 81.1 cm³/mol. The Kier molecular flexibility index (Phi) is 5.23. The van der Waals surface area contributed by atoms with Gasteiger partial charge in [0.1, 0.15) is 5.58 Å².